The highest BCUT2D eigenvalue weighted by Gasteiger charge is 2.10. The molecule has 0 bridgehead atoms. The molecule has 0 radical (unpaired) electrons. The second-order valence-corrected chi connectivity index (χ2v) is 5.51. The third-order valence-electron chi connectivity index (χ3n) is 3.25. The van der Waals surface area contributed by atoms with Crippen LogP contribution in [0.3, 0.4) is 0 Å². The Kier molecular flexibility index (Phi) is 4.68. The minimum atomic E-state index is -0.322. The summed E-state index contributed by atoms with van der Waals surface area (Å²) in [5.74, 6) is 0.240. The molecule has 1 aromatic heterocycles. The Morgan fingerprint density at radius 1 is 1.24 bits per heavy atom. The molecule has 2 aromatic rings. The maximum Gasteiger partial charge on any atom is 0.338 e. The molecule has 110 valence electrons. The number of carbonyl (C=O) groups is 1. The van der Waals surface area contributed by atoms with Crippen molar-refractivity contribution >= 4 is 5.97 Å². The van der Waals surface area contributed by atoms with E-state index < -0.39 is 0 Å². The smallest absolute Gasteiger partial charge is 0.338 e. The maximum atomic E-state index is 11.6. The summed E-state index contributed by atoms with van der Waals surface area (Å²) in [5, 5.41) is 0. The van der Waals surface area contributed by atoms with Crippen molar-refractivity contribution < 1.29 is 9.53 Å². The number of esters is 1. The summed E-state index contributed by atoms with van der Waals surface area (Å²) < 4.78 is 4.75. The van der Waals surface area contributed by atoms with Crippen LogP contribution >= 0.6 is 0 Å². The molecule has 21 heavy (non-hydrogen) atoms. The van der Waals surface area contributed by atoms with E-state index in [1.54, 1.807) is 12.3 Å². The lowest BCUT2D eigenvalue weighted by molar-refractivity contribution is 0.0600. The van der Waals surface area contributed by atoms with Crippen molar-refractivity contribution in [3.05, 3.63) is 47.4 Å². The fourth-order valence-corrected chi connectivity index (χ4v) is 2.19. The van der Waals surface area contributed by atoms with Gasteiger partial charge in [0.1, 0.15) is 0 Å². The molecule has 0 spiro atoms. The Bertz CT molecular complexity index is 634. The number of rotatable bonds is 4. The van der Waals surface area contributed by atoms with Gasteiger partial charge in [-0.1, -0.05) is 19.9 Å². The number of carbonyl (C=O) groups excluding carboxylic acids is 1. The van der Waals surface area contributed by atoms with Gasteiger partial charge in [0, 0.05) is 11.8 Å². The molecule has 1 aromatic carbocycles. The minimum absolute atomic E-state index is 0.322. The standard InChI is InChI=1S/C17H20N2O2/c1-11(2)7-14-9-19-16(10-18-14)13-5-6-15(12(3)8-13)17(20)21-4/h5-6,8-11H,7H2,1-4H3. The van der Waals surface area contributed by atoms with Crippen LogP contribution in [0.15, 0.2) is 30.6 Å². The molecule has 0 saturated heterocycles. The SMILES string of the molecule is COC(=O)c1ccc(-c2cnc(CC(C)C)cn2)cc1C. The molecule has 0 fully saturated rings. The third-order valence-corrected chi connectivity index (χ3v) is 3.25. The number of hydrogen-bond acceptors (Lipinski definition) is 4. The molecule has 0 amide bonds. The van der Waals surface area contributed by atoms with Crippen LogP contribution < -0.4 is 0 Å². The van der Waals surface area contributed by atoms with E-state index in [2.05, 4.69) is 23.8 Å². The normalized spacial score (nSPS) is 10.7. The molecule has 0 aliphatic rings. The minimum Gasteiger partial charge on any atom is -0.465 e. The van der Waals surface area contributed by atoms with Crippen molar-refractivity contribution in [2.24, 2.45) is 5.92 Å². The first kappa shape index (κ1) is 15.2. The zero-order valence-corrected chi connectivity index (χ0v) is 12.9. The first-order valence-electron chi connectivity index (χ1n) is 7.01. The summed E-state index contributed by atoms with van der Waals surface area (Å²) in [6.45, 7) is 6.20. The largest absolute Gasteiger partial charge is 0.465 e. The van der Waals surface area contributed by atoms with Crippen LogP contribution in [0.4, 0.5) is 0 Å². The van der Waals surface area contributed by atoms with Crippen molar-refractivity contribution in [3.63, 3.8) is 0 Å². The third kappa shape index (κ3) is 3.66. The zero-order valence-electron chi connectivity index (χ0n) is 12.9. The van der Waals surface area contributed by atoms with Gasteiger partial charge in [0.2, 0.25) is 0 Å². The number of benzene rings is 1. The fourth-order valence-electron chi connectivity index (χ4n) is 2.19. The number of hydrogen-bond donors (Lipinski definition) is 0. The van der Waals surface area contributed by atoms with Crippen LogP contribution in [-0.2, 0) is 11.2 Å². The van der Waals surface area contributed by atoms with Crippen LogP contribution in [0.2, 0.25) is 0 Å². The molecule has 0 N–H and O–H groups in total. The maximum absolute atomic E-state index is 11.6. The van der Waals surface area contributed by atoms with Gasteiger partial charge in [0.25, 0.3) is 0 Å². The Balaban J connectivity index is 2.26. The molecule has 0 atom stereocenters. The van der Waals surface area contributed by atoms with E-state index in [-0.39, 0.29) is 5.97 Å². The van der Waals surface area contributed by atoms with Crippen molar-refractivity contribution in [1.82, 2.24) is 9.97 Å². The van der Waals surface area contributed by atoms with Gasteiger partial charge in [-0.15, -0.1) is 0 Å². The van der Waals surface area contributed by atoms with Crippen molar-refractivity contribution in [2.75, 3.05) is 7.11 Å². The zero-order chi connectivity index (χ0) is 15.4. The van der Waals surface area contributed by atoms with E-state index in [9.17, 15) is 4.79 Å². The number of aryl methyl sites for hydroxylation is 1. The summed E-state index contributed by atoms with van der Waals surface area (Å²) in [7, 11) is 1.38. The van der Waals surface area contributed by atoms with E-state index in [1.807, 2.05) is 25.3 Å². The van der Waals surface area contributed by atoms with Gasteiger partial charge in [-0.25, -0.2) is 4.79 Å². The van der Waals surface area contributed by atoms with Gasteiger partial charge in [-0.2, -0.15) is 0 Å². The van der Waals surface area contributed by atoms with Gasteiger partial charge < -0.3 is 4.74 Å². The van der Waals surface area contributed by atoms with Gasteiger partial charge in [-0.05, 0) is 37.0 Å². The molecule has 2 rings (SSSR count). The first-order chi connectivity index (χ1) is 10.0. The van der Waals surface area contributed by atoms with Gasteiger partial charge in [0.05, 0.1) is 30.3 Å². The average Bonchev–Trinajstić information content (AvgIpc) is 2.46. The fraction of sp³-hybridized carbons (Fsp3) is 0.353. The van der Waals surface area contributed by atoms with E-state index >= 15 is 0 Å². The molecule has 0 aliphatic heterocycles. The van der Waals surface area contributed by atoms with Crippen molar-refractivity contribution in [1.29, 1.82) is 0 Å². The summed E-state index contributed by atoms with van der Waals surface area (Å²) in [5.41, 5.74) is 4.19. The Morgan fingerprint density at radius 3 is 2.52 bits per heavy atom. The monoisotopic (exact) mass is 284 g/mol. The molecule has 0 saturated carbocycles. The van der Waals surface area contributed by atoms with E-state index in [4.69, 9.17) is 4.74 Å². The van der Waals surface area contributed by atoms with Crippen LogP contribution in [-0.4, -0.2) is 23.0 Å². The van der Waals surface area contributed by atoms with Gasteiger partial charge in [0.15, 0.2) is 0 Å². The second-order valence-electron chi connectivity index (χ2n) is 5.51. The highest BCUT2D eigenvalue weighted by Crippen LogP contribution is 2.21. The molecule has 4 nitrogen and oxygen atoms in total. The van der Waals surface area contributed by atoms with E-state index in [0.717, 1.165) is 28.9 Å². The summed E-state index contributed by atoms with van der Waals surface area (Å²) in [6.07, 6.45) is 4.52. The number of ether oxygens (including phenoxy) is 1. The van der Waals surface area contributed by atoms with Crippen LogP contribution in [0, 0.1) is 12.8 Å². The summed E-state index contributed by atoms with van der Waals surface area (Å²) in [6, 6.07) is 5.56. The van der Waals surface area contributed by atoms with E-state index in [0.29, 0.717) is 11.5 Å². The Hall–Kier alpha value is -2.23. The molecular formula is C17H20N2O2. The van der Waals surface area contributed by atoms with E-state index in [1.165, 1.54) is 7.11 Å². The molecule has 1 heterocycles. The van der Waals surface area contributed by atoms with Crippen molar-refractivity contribution in [2.45, 2.75) is 27.2 Å². The average molecular weight is 284 g/mol. The highest BCUT2D eigenvalue weighted by molar-refractivity contribution is 5.91. The predicted molar refractivity (Wildman–Crippen MR) is 82.1 cm³/mol. The first-order valence-corrected chi connectivity index (χ1v) is 7.01. The predicted octanol–water partition coefficient (Wildman–Crippen LogP) is 3.44. The van der Waals surface area contributed by atoms with Gasteiger partial charge >= 0.3 is 5.97 Å². The Morgan fingerprint density at radius 2 is 2.00 bits per heavy atom. The lowest BCUT2D eigenvalue weighted by atomic mass is 10.0. The van der Waals surface area contributed by atoms with Crippen LogP contribution in [0.25, 0.3) is 11.3 Å². The molecule has 0 unspecified atom stereocenters. The lowest BCUT2D eigenvalue weighted by Crippen LogP contribution is -2.04. The number of nitrogens with zero attached hydrogens (tertiary/aromatic N) is 2. The summed E-state index contributed by atoms with van der Waals surface area (Å²) in [4.78, 5) is 20.5. The molecule has 0 aliphatic carbocycles. The second kappa shape index (κ2) is 6.48. The molecule has 4 heteroatoms. The van der Waals surface area contributed by atoms with Crippen LogP contribution in [0.5, 0.6) is 0 Å². The molecular weight excluding hydrogens is 264 g/mol. The Labute approximate surface area is 125 Å². The number of methoxy groups -OCH3 is 1. The highest BCUT2D eigenvalue weighted by atomic mass is 16.5. The topological polar surface area (TPSA) is 52.1 Å². The number of aromatic nitrogens is 2. The quantitative estimate of drug-likeness (QED) is 0.807. The van der Waals surface area contributed by atoms with Crippen LogP contribution in [0.1, 0.15) is 35.5 Å². The lowest BCUT2D eigenvalue weighted by Gasteiger charge is -2.08. The van der Waals surface area contributed by atoms with Gasteiger partial charge in [-0.3, -0.25) is 9.97 Å². The summed E-state index contributed by atoms with van der Waals surface area (Å²) >= 11 is 0. The van der Waals surface area contributed by atoms with Crippen molar-refractivity contribution in [3.8, 4) is 11.3 Å².